The number of ether oxygens (including phenoxy) is 1. The maximum Gasteiger partial charge on any atom is 0.414 e. The van der Waals surface area contributed by atoms with Gasteiger partial charge in [0, 0.05) is 24.7 Å². The Kier molecular flexibility index (Phi) is 18.4. The van der Waals surface area contributed by atoms with Gasteiger partial charge in [-0.15, -0.1) is 5.10 Å². The molecule has 0 N–H and O–H groups in total. The normalized spacial score (nSPS) is 14.3. The lowest BCUT2D eigenvalue weighted by molar-refractivity contribution is -0.125. The third-order valence-electron chi connectivity index (χ3n) is 7.63. The van der Waals surface area contributed by atoms with E-state index in [9.17, 15) is 35.5 Å². The van der Waals surface area contributed by atoms with Crippen molar-refractivity contribution in [1.82, 2.24) is 20.2 Å². The summed E-state index contributed by atoms with van der Waals surface area (Å²) >= 11 is 0. The van der Waals surface area contributed by atoms with Gasteiger partial charge in [0.15, 0.2) is 0 Å². The highest BCUT2D eigenvalue weighted by atomic mass is 19.4. The number of rotatable bonds is 12. The largest absolute Gasteiger partial charge is 0.446 e. The highest BCUT2D eigenvalue weighted by molar-refractivity contribution is 5.88. The molecule has 15 heteroatoms. The first-order valence-electron chi connectivity index (χ1n) is 16.6. The molecule has 1 aliphatic rings. The average molecular weight is 709 g/mol. The zero-order valence-electron chi connectivity index (χ0n) is 29.6. The van der Waals surface area contributed by atoms with Crippen molar-refractivity contribution in [2.75, 3.05) is 22.9 Å². The highest BCUT2D eigenvalue weighted by Gasteiger charge is 2.28. The lowest BCUT2D eigenvalue weighted by Gasteiger charge is -2.30. The number of hydrogen-bond acceptors (Lipinski definition) is 6. The number of alkyl halides is 6. The van der Waals surface area contributed by atoms with Crippen molar-refractivity contribution in [1.29, 1.82) is 0 Å². The van der Waals surface area contributed by atoms with Gasteiger partial charge in [0.2, 0.25) is 0 Å². The molecule has 8 nitrogen and oxygen atoms in total. The van der Waals surface area contributed by atoms with E-state index in [2.05, 4.69) is 22.0 Å². The van der Waals surface area contributed by atoms with Gasteiger partial charge in [-0.25, -0.2) is 9.18 Å². The summed E-state index contributed by atoms with van der Waals surface area (Å²) in [4.78, 5) is 18.1. The monoisotopic (exact) mass is 708 g/mol. The second kappa shape index (κ2) is 20.8. The SMILES string of the molecule is C=C(C)C(F)(F)F.CC.Cc1cc(C)c(N(CCCC(C)N(CC/C=C/CC(F)(F)F)c2nnn(C)n2)C(=O)OC2CCCCC2)cc1F. The number of hydrogen-bond donors (Lipinski definition) is 0. The number of tetrazole rings is 1. The van der Waals surface area contributed by atoms with Crippen LogP contribution in [-0.2, 0) is 11.8 Å². The standard InChI is InChI=1S/C28H40F4N6O2.C4H5F3.C2H6/c1-20-18-21(2)25(19-24(20)29)38(27(39)40-23-13-7-5-8-14-23)17-11-12-22(3)37(26-33-35-36(4)34-26)16-10-6-9-15-28(30,31)32;1-3(2)4(5,6)7;1-2/h6,9,18-19,22-23H,5,7-8,10-17H2,1-4H3;1H2,2H3;1-2H3/b9-6+;;. The second-order valence-corrected chi connectivity index (χ2v) is 11.8. The van der Waals surface area contributed by atoms with Crippen molar-refractivity contribution >= 4 is 17.7 Å². The predicted molar refractivity (Wildman–Crippen MR) is 178 cm³/mol. The van der Waals surface area contributed by atoms with Crippen LogP contribution in [0.1, 0.15) is 96.6 Å². The summed E-state index contributed by atoms with van der Waals surface area (Å²) in [5.41, 5.74) is 1.02. The summed E-state index contributed by atoms with van der Waals surface area (Å²) in [7, 11) is 1.64. The molecule has 1 atom stereocenters. The second-order valence-electron chi connectivity index (χ2n) is 11.8. The average Bonchev–Trinajstić information content (AvgIpc) is 3.45. The summed E-state index contributed by atoms with van der Waals surface area (Å²) < 4.78 is 91.0. The molecule has 278 valence electrons. The van der Waals surface area contributed by atoms with E-state index in [0.29, 0.717) is 49.6 Å². The van der Waals surface area contributed by atoms with Crippen LogP contribution in [0.15, 0.2) is 36.4 Å². The Morgan fingerprint density at radius 2 is 1.67 bits per heavy atom. The van der Waals surface area contributed by atoms with Crippen molar-refractivity contribution in [3.63, 3.8) is 0 Å². The Hall–Kier alpha value is -3.65. The maximum absolute atomic E-state index is 14.6. The smallest absolute Gasteiger partial charge is 0.414 e. The van der Waals surface area contributed by atoms with Gasteiger partial charge in [0.05, 0.1) is 19.2 Å². The molecular formula is C34H51F7N6O2. The van der Waals surface area contributed by atoms with Gasteiger partial charge in [-0.1, -0.05) is 50.2 Å². The Balaban J connectivity index is 0.00000118. The molecule has 1 heterocycles. The van der Waals surface area contributed by atoms with Gasteiger partial charge in [-0.3, -0.25) is 4.90 Å². The van der Waals surface area contributed by atoms with Crippen LogP contribution < -0.4 is 9.80 Å². The quantitative estimate of drug-likeness (QED) is 0.161. The Morgan fingerprint density at radius 3 is 2.20 bits per heavy atom. The van der Waals surface area contributed by atoms with E-state index >= 15 is 0 Å². The molecule has 1 aliphatic carbocycles. The summed E-state index contributed by atoms with van der Waals surface area (Å²) in [6.07, 6.45) is -1.02. The number of benzene rings is 1. The minimum absolute atomic E-state index is 0.104. The fraction of sp³-hybridized carbons (Fsp3) is 0.647. The lowest BCUT2D eigenvalue weighted by Crippen LogP contribution is -2.38. The summed E-state index contributed by atoms with van der Waals surface area (Å²) in [6, 6.07) is 3.01. The van der Waals surface area contributed by atoms with Crippen LogP contribution in [0.2, 0.25) is 0 Å². The molecule has 1 fully saturated rings. The van der Waals surface area contributed by atoms with E-state index in [1.54, 1.807) is 20.0 Å². The first kappa shape index (κ1) is 43.4. The van der Waals surface area contributed by atoms with Crippen molar-refractivity contribution < 1.29 is 40.3 Å². The number of aryl methyl sites for hydroxylation is 3. The molecule has 49 heavy (non-hydrogen) atoms. The fourth-order valence-electron chi connectivity index (χ4n) is 4.96. The number of halogens is 7. The number of anilines is 2. The van der Waals surface area contributed by atoms with Gasteiger partial charge in [0.1, 0.15) is 11.9 Å². The van der Waals surface area contributed by atoms with Crippen molar-refractivity contribution in [2.24, 2.45) is 7.05 Å². The molecule has 0 saturated heterocycles. The summed E-state index contributed by atoms with van der Waals surface area (Å²) in [5, 5.41) is 12.3. The fourth-order valence-corrected chi connectivity index (χ4v) is 4.96. The highest BCUT2D eigenvalue weighted by Crippen LogP contribution is 2.28. The molecule has 0 radical (unpaired) electrons. The topological polar surface area (TPSA) is 76.4 Å². The minimum atomic E-state index is -4.24. The third kappa shape index (κ3) is 16.1. The Morgan fingerprint density at radius 1 is 1.06 bits per heavy atom. The molecule has 1 aromatic carbocycles. The maximum atomic E-state index is 14.6. The van der Waals surface area contributed by atoms with Crippen molar-refractivity contribution in [2.45, 2.75) is 124 Å². The van der Waals surface area contributed by atoms with Crippen LogP contribution in [0.3, 0.4) is 0 Å². The Labute approximate surface area is 285 Å². The molecule has 1 aromatic heterocycles. The molecule has 3 rings (SSSR count). The van der Waals surface area contributed by atoms with Crippen molar-refractivity contribution in [3.05, 3.63) is 53.4 Å². The number of nitrogens with zero attached hydrogens (tertiary/aromatic N) is 6. The predicted octanol–water partition coefficient (Wildman–Crippen LogP) is 9.97. The van der Waals surface area contributed by atoms with E-state index in [1.807, 2.05) is 32.6 Å². The first-order valence-corrected chi connectivity index (χ1v) is 16.6. The zero-order valence-corrected chi connectivity index (χ0v) is 29.6. The summed E-state index contributed by atoms with van der Waals surface area (Å²) in [6.45, 7) is 13.8. The van der Waals surface area contributed by atoms with Crippen LogP contribution in [0.5, 0.6) is 0 Å². The number of aromatic nitrogens is 4. The molecule has 1 amide bonds. The van der Waals surface area contributed by atoms with Crippen molar-refractivity contribution in [3.8, 4) is 0 Å². The van der Waals surface area contributed by atoms with Gasteiger partial charge in [-0.2, -0.15) is 31.1 Å². The lowest BCUT2D eigenvalue weighted by atomic mass is 9.98. The van der Waals surface area contributed by atoms with E-state index in [0.717, 1.165) is 50.7 Å². The number of amides is 1. The Bertz CT molecular complexity index is 1320. The molecule has 0 spiro atoms. The van der Waals surface area contributed by atoms with Gasteiger partial charge in [0.25, 0.3) is 5.95 Å². The molecule has 2 aromatic rings. The van der Waals surface area contributed by atoms with E-state index in [-0.39, 0.29) is 18.0 Å². The zero-order chi connectivity index (χ0) is 37.4. The number of allylic oxidation sites excluding steroid dienone is 2. The molecular weight excluding hydrogens is 657 g/mol. The molecule has 1 saturated carbocycles. The van der Waals surface area contributed by atoms with Crippen LogP contribution in [0.4, 0.5) is 47.2 Å². The molecule has 0 aliphatic heterocycles. The van der Waals surface area contributed by atoms with Gasteiger partial charge in [-0.05, 0) is 95.0 Å². The first-order chi connectivity index (χ1) is 22.9. The van der Waals surface area contributed by atoms with Crippen LogP contribution >= 0.6 is 0 Å². The molecule has 0 bridgehead atoms. The van der Waals surface area contributed by atoms with E-state index in [1.165, 1.54) is 21.8 Å². The van der Waals surface area contributed by atoms with E-state index < -0.39 is 30.4 Å². The minimum Gasteiger partial charge on any atom is -0.446 e. The number of carbonyl (C=O) groups is 1. The van der Waals surface area contributed by atoms with Gasteiger partial charge >= 0.3 is 18.4 Å². The van der Waals surface area contributed by atoms with Gasteiger partial charge < -0.3 is 9.64 Å². The summed E-state index contributed by atoms with van der Waals surface area (Å²) in [5.74, 6) is -0.00727. The third-order valence-corrected chi connectivity index (χ3v) is 7.63. The van der Waals surface area contributed by atoms with Crippen LogP contribution in [-0.4, -0.2) is 63.9 Å². The van der Waals surface area contributed by atoms with E-state index in [4.69, 9.17) is 4.74 Å². The van der Waals surface area contributed by atoms with Crippen LogP contribution in [0, 0.1) is 19.7 Å². The van der Waals surface area contributed by atoms with Crippen LogP contribution in [0.25, 0.3) is 0 Å². The number of carbonyl (C=O) groups excluding carboxylic acids is 1. The molecule has 1 unspecified atom stereocenters.